The number of hydrogen-bond donors (Lipinski definition) is 2. The first-order valence-electron chi connectivity index (χ1n) is 8.73. The first-order valence-corrected chi connectivity index (χ1v) is 8.73. The minimum atomic E-state index is -0.993. The third-order valence-electron chi connectivity index (χ3n) is 4.90. The Labute approximate surface area is 147 Å². The molecule has 1 aliphatic carbocycles. The lowest BCUT2D eigenvalue weighted by Crippen LogP contribution is -2.43. The first-order chi connectivity index (χ1) is 12.1. The van der Waals surface area contributed by atoms with Crippen molar-refractivity contribution in [1.29, 1.82) is 0 Å². The standard InChI is InChI=1S/C21H23NO3/c23-20(14-16-11-18(12-16)17-9-5-2-6-10-17)22-19(21(24)25)13-15-7-3-1-4-8-15/h1-10,16,18-19H,11-14H2,(H,22,23)(H,24,25)/t16?,18?,19-/m0/s1. The minimum absolute atomic E-state index is 0.167. The largest absolute Gasteiger partial charge is 0.480 e. The van der Waals surface area contributed by atoms with Crippen molar-refractivity contribution < 1.29 is 14.7 Å². The number of carbonyl (C=O) groups excluding carboxylic acids is 1. The quantitative estimate of drug-likeness (QED) is 0.814. The molecule has 130 valence electrons. The Bertz CT molecular complexity index is 708. The molecule has 1 atom stereocenters. The van der Waals surface area contributed by atoms with E-state index >= 15 is 0 Å². The summed E-state index contributed by atoms with van der Waals surface area (Å²) in [6.07, 6.45) is 2.70. The van der Waals surface area contributed by atoms with Crippen molar-refractivity contribution in [2.45, 2.75) is 37.6 Å². The highest BCUT2D eigenvalue weighted by Crippen LogP contribution is 2.43. The maximum absolute atomic E-state index is 12.2. The number of hydrogen-bond acceptors (Lipinski definition) is 2. The van der Waals surface area contributed by atoms with Crippen molar-refractivity contribution in [3.8, 4) is 0 Å². The Balaban J connectivity index is 1.47. The summed E-state index contributed by atoms with van der Waals surface area (Å²) in [7, 11) is 0. The molecule has 0 spiro atoms. The summed E-state index contributed by atoms with van der Waals surface area (Å²) in [5.74, 6) is -0.289. The average molecular weight is 337 g/mol. The Hall–Kier alpha value is -2.62. The molecule has 0 unspecified atom stereocenters. The van der Waals surface area contributed by atoms with Crippen LogP contribution in [0.4, 0.5) is 0 Å². The first kappa shape index (κ1) is 17.2. The SMILES string of the molecule is O=C(CC1CC(c2ccccc2)C1)N[C@@H](Cc1ccccc1)C(=O)O. The summed E-state index contributed by atoms with van der Waals surface area (Å²) in [5, 5.41) is 12.0. The number of aliphatic carboxylic acids is 1. The van der Waals surface area contributed by atoms with Crippen molar-refractivity contribution in [1.82, 2.24) is 5.32 Å². The van der Waals surface area contributed by atoms with E-state index in [1.807, 2.05) is 48.5 Å². The van der Waals surface area contributed by atoms with E-state index in [-0.39, 0.29) is 5.91 Å². The summed E-state index contributed by atoms with van der Waals surface area (Å²) in [6, 6.07) is 18.8. The van der Waals surface area contributed by atoms with E-state index in [1.54, 1.807) is 0 Å². The van der Waals surface area contributed by atoms with Crippen molar-refractivity contribution in [3.63, 3.8) is 0 Å². The summed E-state index contributed by atoms with van der Waals surface area (Å²) in [6.45, 7) is 0. The van der Waals surface area contributed by atoms with E-state index in [2.05, 4.69) is 17.4 Å². The third kappa shape index (κ3) is 4.69. The maximum atomic E-state index is 12.2. The second kappa shape index (κ2) is 7.97. The zero-order valence-electron chi connectivity index (χ0n) is 14.1. The number of carboxylic acid groups (broad SMARTS) is 1. The lowest BCUT2D eigenvalue weighted by Gasteiger charge is -2.35. The highest BCUT2D eigenvalue weighted by atomic mass is 16.4. The molecule has 1 aliphatic rings. The molecule has 0 heterocycles. The second-order valence-electron chi connectivity index (χ2n) is 6.80. The van der Waals surface area contributed by atoms with Crippen LogP contribution in [0.15, 0.2) is 60.7 Å². The Morgan fingerprint density at radius 1 is 1.00 bits per heavy atom. The van der Waals surface area contributed by atoms with Gasteiger partial charge in [-0.1, -0.05) is 60.7 Å². The Kier molecular flexibility index (Phi) is 5.49. The fraction of sp³-hybridized carbons (Fsp3) is 0.333. The van der Waals surface area contributed by atoms with Gasteiger partial charge in [0.05, 0.1) is 0 Å². The number of nitrogens with one attached hydrogen (secondary N) is 1. The number of amides is 1. The molecular weight excluding hydrogens is 314 g/mol. The fourth-order valence-electron chi connectivity index (χ4n) is 3.47. The monoisotopic (exact) mass is 337 g/mol. The van der Waals surface area contributed by atoms with Gasteiger partial charge in [-0.3, -0.25) is 4.79 Å². The topological polar surface area (TPSA) is 66.4 Å². The molecule has 4 nitrogen and oxygen atoms in total. The van der Waals surface area contributed by atoms with Crippen molar-refractivity contribution in [3.05, 3.63) is 71.8 Å². The molecular formula is C21H23NO3. The molecule has 0 aromatic heterocycles. The van der Waals surface area contributed by atoms with Crippen LogP contribution < -0.4 is 5.32 Å². The van der Waals surface area contributed by atoms with Gasteiger partial charge in [0.25, 0.3) is 0 Å². The fourth-order valence-corrected chi connectivity index (χ4v) is 3.47. The number of benzene rings is 2. The van der Waals surface area contributed by atoms with Gasteiger partial charge < -0.3 is 10.4 Å². The van der Waals surface area contributed by atoms with Gasteiger partial charge in [-0.05, 0) is 35.8 Å². The van der Waals surface area contributed by atoms with E-state index in [0.717, 1.165) is 18.4 Å². The molecule has 0 bridgehead atoms. The van der Waals surface area contributed by atoms with E-state index in [1.165, 1.54) is 5.56 Å². The molecule has 2 N–H and O–H groups in total. The molecule has 2 aromatic carbocycles. The lowest BCUT2D eigenvalue weighted by molar-refractivity contribution is -0.142. The smallest absolute Gasteiger partial charge is 0.326 e. The van der Waals surface area contributed by atoms with E-state index < -0.39 is 12.0 Å². The van der Waals surface area contributed by atoms with Gasteiger partial charge in [0.15, 0.2) is 0 Å². The van der Waals surface area contributed by atoms with Crippen LogP contribution in [0.25, 0.3) is 0 Å². The third-order valence-corrected chi connectivity index (χ3v) is 4.90. The van der Waals surface area contributed by atoms with Crippen LogP contribution in [0.5, 0.6) is 0 Å². The zero-order chi connectivity index (χ0) is 17.6. The highest BCUT2D eigenvalue weighted by Gasteiger charge is 2.32. The summed E-state index contributed by atoms with van der Waals surface area (Å²) in [5.41, 5.74) is 2.23. The molecule has 4 heteroatoms. The van der Waals surface area contributed by atoms with Crippen LogP contribution in [-0.2, 0) is 16.0 Å². The Morgan fingerprint density at radius 2 is 1.60 bits per heavy atom. The van der Waals surface area contributed by atoms with Crippen LogP contribution in [0.2, 0.25) is 0 Å². The average Bonchev–Trinajstić information content (AvgIpc) is 2.59. The highest BCUT2D eigenvalue weighted by molar-refractivity contribution is 5.83. The van der Waals surface area contributed by atoms with E-state index in [4.69, 9.17) is 0 Å². The van der Waals surface area contributed by atoms with Gasteiger partial charge in [-0.2, -0.15) is 0 Å². The molecule has 1 fully saturated rings. The summed E-state index contributed by atoms with van der Waals surface area (Å²) >= 11 is 0. The zero-order valence-corrected chi connectivity index (χ0v) is 14.1. The van der Waals surface area contributed by atoms with Gasteiger partial charge in [-0.15, -0.1) is 0 Å². The molecule has 25 heavy (non-hydrogen) atoms. The van der Waals surface area contributed by atoms with Crippen molar-refractivity contribution in [2.75, 3.05) is 0 Å². The maximum Gasteiger partial charge on any atom is 0.326 e. The molecule has 3 rings (SSSR count). The molecule has 1 saturated carbocycles. The van der Waals surface area contributed by atoms with Crippen LogP contribution in [-0.4, -0.2) is 23.0 Å². The normalized spacial score (nSPS) is 20.3. The Morgan fingerprint density at radius 3 is 2.20 bits per heavy atom. The second-order valence-corrected chi connectivity index (χ2v) is 6.80. The van der Waals surface area contributed by atoms with Crippen LogP contribution in [0, 0.1) is 5.92 Å². The van der Waals surface area contributed by atoms with Gasteiger partial charge in [-0.25, -0.2) is 4.79 Å². The number of carboxylic acids is 1. The van der Waals surface area contributed by atoms with Crippen LogP contribution >= 0.6 is 0 Å². The summed E-state index contributed by atoms with van der Waals surface area (Å²) in [4.78, 5) is 23.7. The van der Waals surface area contributed by atoms with Gasteiger partial charge in [0, 0.05) is 12.8 Å². The number of rotatable bonds is 7. The van der Waals surface area contributed by atoms with E-state index in [9.17, 15) is 14.7 Å². The lowest BCUT2D eigenvalue weighted by atomic mass is 9.70. The van der Waals surface area contributed by atoms with E-state index in [0.29, 0.717) is 24.7 Å². The van der Waals surface area contributed by atoms with Gasteiger partial charge in [0.1, 0.15) is 6.04 Å². The molecule has 0 saturated heterocycles. The summed E-state index contributed by atoms with van der Waals surface area (Å²) < 4.78 is 0. The van der Waals surface area contributed by atoms with Crippen molar-refractivity contribution >= 4 is 11.9 Å². The molecule has 0 radical (unpaired) electrons. The minimum Gasteiger partial charge on any atom is -0.480 e. The van der Waals surface area contributed by atoms with Gasteiger partial charge in [0.2, 0.25) is 5.91 Å². The molecule has 0 aliphatic heterocycles. The van der Waals surface area contributed by atoms with Gasteiger partial charge >= 0.3 is 5.97 Å². The number of carbonyl (C=O) groups is 2. The predicted molar refractivity (Wildman–Crippen MR) is 96.2 cm³/mol. The van der Waals surface area contributed by atoms with Crippen LogP contribution in [0.3, 0.4) is 0 Å². The van der Waals surface area contributed by atoms with Crippen LogP contribution in [0.1, 0.15) is 36.3 Å². The molecule has 2 aromatic rings. The molecule has 1 amide bonds. The van der Waals surface area contributed by atoms with Crippen molar-refractivity contribution in [2.24, 2.45) is 5.92 Å². The predicted octanol–water partition coefficient (Wildman–Crippen LogP) is 3.38.